The maximum Gasteiger partial charge on any atom is 0.335 e. The number of carboxylic acid groups (broad SMARTS) is 1. The molecule has 0 unspecified atom stereocenters. The molecule has 3 aliphatic rings. The zero-order valence-corrected chi connectivity index (χ0v) is 21.5. The molecule has 0 bridgehead atoms. The maximum absolute atomic E-state index is 12.1. The number of aromatic carboxylic acids is 1. The molecule has 1 saturated carbocycles. The summed E-state index contributed by atoms with van der Waals surface area (Å²) in [5.41, 5.74) is 3.05. The van der Waals surface area contributed by atoms with E-state index in [1.54, 1.807) is 18.2 Å². The average molecular weight is 487 g/mol. The van der Waals surface area contributed by atoms with Gasteiger partial charge < -0.3 is 24.4 Å². The first kappa shape index (κ1) is 25.3. The lowest BCUT2D eigenvalue weighted by atomic mass is 9.78. The highest BCUT2D eigenvalue weighted by atomic mass is 28.3. The summed E-state index contributed by atoms with van der Waals surface area (Å²) >= 11 is 0. The minimum absolute atomic E-state index is 0.245. The molecule has 0 aromatic heterocycles. The highest BCUT2D eigenvalue weighted by Gasteiger charge is 2.59. The van der Waals surface area contributed by atoms with Gasteiger partial charge in [-0.15, -0.1) is 6.58 Å². The molecule has 1 spiro atoms. The van der Waals surface area contributed by atoms with Gasteiger partial charge in [-0.2, -0.15) is 0 Å². The second-order valence-electron chi connectivity index (χ2n) is 10.9. The van der Waals surface area contributed by atoms with Crippen molar-refractivity contribution >= 4 is 14.0 Å². The Kier molecular flexibility index (Phi) is 7.50. The Morgan fingerprint density at radius 2 is 1.85 bits per heavy atom. The van der Waals surface area contributed by atoms with Gasteiger partial charge in [0.15, 0.2) is 5.79 Å². The zero-order valence-electron chi connectivity index (χ0n) is 20.5. The Labute approximate surface area is 203 Å². The van der Waals surface area contributed by atoms with Crippen molar-refractivity contribution in [1.29, 1.82) is 0 Å². The molecule has 186 valence electrons. The Morgan fingerprint density at radius 3 is 2.50 bits per heavy atom. The van der Waals surface area contributed by atoms with Gasteiger partial charge in [0.2, 0.25) is 0 Å². The zero-order chi connectivity index (χ0) is 24.5. The number of hydrogen-bond acceptors (Lipinski definition) is 5. The summed E-state index contributed by atoms with van der Waals surface area (Å²) in [6, 6.07) is 7.06. The van der Waals surface area contributed by atoms with Gasteiger partial charge in [0.1, 0.15) is 18.3 Å². The topological polar surface area (TPSA) is 85.2 Å². The van der Waals surface area contributed by atoms with Crippen LogP contribution < -0.4 is 0 Å². The van der Waals surface area contributed by atoms with E-state index in [4.69, 9.17) is 14.2 Å². The van der Waals surface area contributed by atoms with E-state index in [9.17, 15) is 15.0 Å². The van der Waals surface area contributed by atoms with Gasteiger partial charge in [-0.25, -0.2) is 4.79 Å². The molecule has 1 aromatic carbocycles. The first-order chi connectivity index (χ1) is 16.1. The van der Waals surface area contributed by atoms with E-state index in [1.165, 1.54) is 0 Å². The van der Waals surface area contributed by atoms with Crippen molar-refractivity contribution in [3.63, 3.8) is 0 Å². The van der Waals surface area contributed by atoms with Crippen LogP contribution in [0, 0.1) is 0 Å². The molecule has 0 radical (unpaired) electrons. The number of carbonyl (C=O) groups is 1. The van der Waals surface area contributed by atoms with Gasteiger partial charge in [0.05, 0.1) is 25.8 Å². The van der Waals surface area contributed by atoms with Crippen LogP contribution in [0.5, 0.6) is 0 Å². The Balaban J connectivity index is 1.76. The third-order valence-corrected chi connectivity index (χ3v) is 8.32. The van der Waals surface area contributed by atoms with Crippen molar-refractivity contribution in [2.24, 2.45) is 0 Å². The van der Waals surface area contributed by atoms with Crippen LogP contribution in [-0.4, -0.2) is 60.6 Å². The second kappa shape index (κ2) is 10.1. The molecule has 1 aromatic rings. The average Bonchev–Trinajstić information content (AvgIpc) is 3.15. The molecule has 6 nitrogen and oxygen atoms in total. The van der Waals surface area contributed by atoms with Gasteiger partial charge in [-0.05, 0) is 30.9 Å². The minimum Gasteiger partial charge on any atom is -0.478 e. The smallest absolute Gasteiger partial charge is 0.335 e. The SMILES string of the molecule is C=CC[C@@H]1O[C@@H]([C@@H](O)C=C[Si](C)(C)C)[C@@H]2OC3(CCCCC3)O[C@@H]2[C@H]1c1ccccc1C(=O)O. The highest BCUT2D eigenvalue weighted by molar-refractivity contribution is 6.80. The lowest BCUT2D eigenvalue weighted by Crippen LogP contribution is -2.55. The van der Waals surface area contributed by atoms with Crippen LogP contribution in [0.3, 0.4) is 0 Å². The number of ether oxygens (including phenoxy) is 3. The lowest BCUT2D eigenvalue weighted by Gasteiger charge is -2.44. The van der Waals surface area contributed by atoms with Gasteiger partial charge in [0.25, 0.3) is 0 Å². The van der Waals surface area contributed by atoms with Crippen LogP contribution in [0.1, 0.15) is 60.4 Å². The first-order valence-electron chi connectivity index (χ1n) is 12.5. The number of hydrogen-bond donors (Lipinski definition) is 2. The monoisotopic (exact) mass is 486 g/mol. The van der Waals surface area contributed by atoms with Crippen molar-refractivity contribution in [3.05, 3.63) is 59.8 Å². The number of fused-ring (bicyclic) bond motifs is 1. The Hall–Kier alpha value is -1.77. The van der Waals surface area contributed by atoms with E-state index in [-0.39, 0.29) is 17.6 Å². The van der Waals surface area contributed by atoms with Crippen molar-refractivity contribution in [1.82, 2.24) is 0 Å². The molecule has 3 fully saturated rings. The number of benzene rings is 1. The van der Waals surface area contributed by atoms with Gasteiger partial charge >= 0.3 is 5.97 Å². The molecule has 2 N–H and O–H groups in total. The second-order valence-corrected chi connectivity index (χ2v) is 16.0. The first-order valence-corrected chi connectivity index (χ1v) is 16.0. The summed E-state index contributed by atoms with van der Waals surface area (Å²) in [7, 11) is -1.52. The fourth-order valence-electron chi connectivity index (χ4n) is 5.59. The van der Waals surface area contributed by atoms with E-state index in [0.29, 0.717) is 12.0 Å². The summed E-state index contributed by atoms with van der Waals surface area (Å²) in [5.74, 6) is -2.02. The van der Waals surface area contributed by atoms with Crippen molar-refractivity contribution in [2.45, 2.75) is 100 Å². The lowest BCUT2D eigenvalue weighted by molar-refractivity contribution is -0.204. The third-order valence-electron chi connectivity index (χ3n) is 7.13. The minimum atomic E-state index is -1.52. The molecule has 34 heavy (non-hydrogen) atoms. The maximum atomic E-state index is 12.1. The van der Waals surface area contributed by atoms with Gasteiger partial charge in [-0.3, -0.25) is 0 Å². The molecular formula is C27H38O6Si. The molecule has 1 aliphatic carbocycles. The summed E-state index contributed by atoms with van der Waals surface area (Å²) in [6.07, 6.45) is 6.20. The summed E-state index contributed by atoms with van der Waals surface area (Å²) in [4.78, 5) is 12.1. The molecule has 2 saturated heterocycles. The molecule has 7 heteroatoms. The van der Waals surface area contributed by atoms with Gasteiger partial charge in [-0.1, -0.05) is 62.1 Å². The summed E-state index contributed by atoms with van der Waals surface area (Å²) in [5, 5.41) is 21.1. The van der Waals surface area contributed by atoms with Crippen LogP contribution in [0.4, 0.5) is 0 Å². The normalized spacial score (nSPS) is 31.9. The molecule has 2 aliphatic heterocycles. The number of rotatable bonds is 7. The van der Waals surface area contributed by atoms with Gasteiger partial charge in [0, 0.05) is 18.8 Å². The van der Waals surface area contributed by atoms with Crippen LogP contribution >= 0.6 is 0 Å². The van der Waals surface area contributed by atoms with E-state index >= 15 is 0 Å². The highest BCUT2D eigenvalue weighted by Crippen LogP contribution is 2.50. The van der Waals surface area contributed by atoms with E-state index in [0.717, 1.165) is 32.1 Å². The van der Waals surface area contributed by atoms with E-state index < -0.39 is 44.2 Å². The largest absolute Gasteiger partial charge is 0.478 e. The van der Waals surface area contributed by atoms with Crippen molar-refractivity contribution in [3.8, 4) is 0 Å². The third kappa shape index (κ3) is 5.24. The summed E-state index contributed by atoms with van der Waals surface area (Å²) in [6.45, 7) is 10.6. The quantitative estimate of drug-likeness (QED) is 0.414. The van der Waals surface area contributed by atoms with Crippen molar-refractivity contribution < 1.29 is 29.2 Å². The predicted octanol–water partition coefficient (Wildman–Crippen LogP) is 5.05. The molecular weight excluding hydrogens is 448 g/mol. The fourth-order valence-corrected chi connectivity index (χ4v) is 6.36. The van der Waals surface area contributed by atoms with Crippen LogP contribution in [-0.2, 0) is 14.2 Å². The van der Waals surface area contributed by atoms with Crippen LogP contribution in [0.25, 0.3) is 0 Å². The number of aliphatic hydroxyl groups excluding tert-OH is 1. The Bertz CT molecular complexity index is 916. The standard InChI is InChI=1S/C27H38O6Si/c1-5-11-21-22(18-12-7-8-13-19(18)26(29)30)24-25(33-27(32-24)15-9-6-10-16-27)23(31-21)20(28)14-17-34(2,3)4/h5,7-8,12-14,17,20-25,28H,1,6,9-11,15-16H2,2-4H3,(H,29,30)/t20-,21-,22-,23-,24+,25-/m0/s1. The predicted molar refractivity (Wildman–Crippen MR) is 134 cm³/mol. The number of aliphatic hydroxyl groups is 1. The molecule has 2 heterocycles. The van der Waals surface area contributed by atoms with Crippen molar-refractivity contribution in [2.75, 3.05) is 0 Å². The Morgan fingerprint density at radius 1 is 1.18 bits per heavy atom. The summed E-state index contributed by atoms with van der Waals surface area (Å²) < 4.78 is 19.9. The number of carboxylic acids is 1. The van der Waals surface area contributed by atoms with E-state index in [1.807, 2.05) is 18.2 Å². The van der Waals surface area contributed by atoms with E-state index in [2.05, 4.69) is 31.9 Å². The molecule has 4 rings (SSSR count). The van der Waals surface area contributed by atoms with Crippen LogP contribution in [0.15, 0.2) is 48.7 Å². The molecule has 0 amide bonds. The fraction of sp³-hybridized carbons (Fsp3) is 0.593. The molecule has 6 atom stereocenters. The van der Waals surface area contributed by atoms with Crippen LogP contribution in [0.2, 0.25) is 19.6 Å².